The number of amides is 1. The molecule has 3 aromatic carbocycles. The summed E-state index contributed by atoms with van der Waals surface area (Å²) in [7, 11) is 0. The number of Topliss-reactive ketones (excluding diaryl/α,β-unsaturated/α-hetero) is 1. The van der Waals surface area contributed by atoms with E-state index < -0.39 is 17.7 Å². The highest BCUT2D eigenvalue weighted by atomic mass is 32.2. The fourth-order valence-electron chi connectivity index (χ4n) is 5.70. The molecule has 1 atom stereocenters. The second-order valence-electron chi connectivity index (χ2n) is 10.4. The highest BCUT2D eigenvalue weighted by Crippen LogP contribution is 2.44. The number of imidazole rings is 1. The topological polar surface area (TPSA) is 110 Å². The number of aliphatic hydroxyl groups is 1. The van der Waals surface area contributed by atoms with E-state index in [1.807, 2.05) is 43.3 Å². The number of benzene rings is 3. The maximum absolute atomic E-state index is 13.8. The summed E-state index contributed by atoms with van der Waals surface area (Å²) in [6, 6.07) is 26.1. The predicted octanol–water partition coefficient (Wildman–Crippen LogP) is 6.96. The second kappa shape index (κ2) is 11.8. The zero-order valence-electron chi connectivity index (χ0n) is 24.4. The Bertz CT molecular complexity index is 2110. The number of nitrogens with zero attached hydrogens (tertiary/aromatic N) is 5. The van der Waals surface area contributed by atoms with E-state index in [0.29, 0.717) is 45.0 Å². The third-order valence-corrected chi connectivity index (χ3v) is 9.82. The number of hydrogen-bond acceptors (Lipinski definition) is 9. The van der Waals surface area contributed by atoms with Crippen LogP contribution in [-0.2, 0) is 15.3 Å². The Morgan fingerprint density at radius 1 is 0.978 bits per heavy atom. The Hall–Kier alpha value is -5.00. The monoisotopic (exact) mass is 633 g/mol. The van der Waals surface area contributed by atoms with Gasteiger partial charge in [-0.25, -0.2) is 4.98 Å². The molecule has 0 spiro atoms. The summed E-state index contributed by atoms with van der Waals surface area (Å²) in [6.07, 6.45) is 1.76. The molecule has 0 saturated carbocycles. The first-order valence-electron chi connectivity index (χ1n) is 14.4. The van der Waals surface area contributed by atoms with Crippen molar-refractivity contribution in [2.45, 2.75) is 30.0 Å². The van der Waals surface area contributed by atoms with Crippen molar-refractivity contribution < 1.29 is 19.4 Å². The Labute approximate surface area is 266 Å². The Kier molecular flexibility index (Phi) is 7.56. The minimum atomic E-state index is -0.946. The van der Waals surface area contributed by atoms with Crippen molar-refractivity contribution in [3.63, 3.8) is 0 Å². The first-order valence-corrected chi connectivity index (χ1v) is 16.2. The van der Waals surface area contributed by atoms with E-state index >= 15 is 0 Å². The molecule has 224 valence electrons. The number of hydrogen-bond donors (Lipinski definition) is 1. The van der Waals surface area contributed by atoms with Crippen molar-refractivity contribution in [2.75, 3.05) is 11.5 Å². The molecule has 0 bridgehead atoms. The molecule has 11 heteroatoms. The van der Waals surface area contributed by atoms with E-state index in [1.54, 1.807) is 41.8 Å². The van der Waals surface area contributed by atoms with Gasteiger partial charge in [-0.05, 0) is 60.0 Å². The van der Waals surface area contributed by atoms with E-state index in [0.717, 1.165) is 10.9 Å². The van der Waals surface area contributed by atoms with Crippen LogP contribution in [-0.4, -0.2) is 43.0 Å². The lowest BCUT2D eigenvalue weighted by Gasteiger charge is -2.22. The van der Waals surface area contributed by atoms with Crippen molar-refractivity contribution in [3.05, 3.63) is 119 Å². The number of rotatable bonds is 8. The summed E-state index contributed by atoms with van der Waals surface area (Å²) in [5.74, 6) is -0.592. The van der Waals surface area contributed by atoms with Gasteiger partial charge in [-0.15, -0.1) is 10.2 Å². The van der Waals surface area contributed by atoms with Gasteiger partial charge in [0.25, 0.3) is 5.78 Å². The van der Waals surface area contributed by atoms with Crippen molar-refractivity contribution >= 4 is 62.1 Å². The molecule has 0 aliphatic carbocycles. The maximum Gasteiger partial charge on any atom is 0.301 e. The largest absolute Gasteiger partial charge is 0.505 e. The number of aliphatic hydroxyl groups excluding tert-OH is 1. The summed E-state index contributed by atoms with van der Waals surface area (Å²) in [6.45, 7) is 4.15. The molecule has 0 radical (unpaired) electrons. The minimum Gasteiger partial charge on any atom is -0.505 e. The van der Waals surface area contributed by atoms with Crippen molar-refractivity contribution in [2.24, 2.45) is 0 Å². The van der Waals surface area contributed by atoms with E-state index in [1.165, 1.54) is 33.4 Å². The predicted molar refractivity (Wildman–Crippen MR) is 176 cm³/mol. The molecular weight excluding hydrogens is 607 g/mol. The molecule has 1 unspecified atom stereocenters. The third-order valence-electron chi connectivity index (χ3n) is 7.71. The summed E-state index contributed by atoms with van der Waals surface area (Å²) in [5, 5.41) is 23.1. The fraction of sp³-hybridized carbons (Fsp3) is 0.147. The number of ether oxygens (including phenoxy) is 1. The van der Waals surface area contributed by atoms with Crippen molar-refractivity contribution in [3.8, 4) is 5.75 Å². The highest BCUT2D eigenvalue weighted by molar-refractivity contribution is 8.00. The zero-order valence-corrected chi connectivity index (χ0v) is 26.0. The van der Waals surface area contributed by atoms with Gasteiger partial charge in [-0.3, -0.25) is 18.9 Å². The normalized spacial score (nSPS) is 16.2. The number of ketones is 1. The molecule has 4 heterocycles. The fourth-order valence-corrected chi connectivity index (χ4v) is 7.57. The van der Waals surface area contributed by atoms with Crippen LogP contribution >= 0.6 is 23.1 Å². The molecule has 45 heavy (non-hydrogen) atoms. The first kappa shape index (κ1) is 28.8. The van der Waals surface area contributed by atoms with Gasteiger partial charge in [0.15, 0.2) is 10.1 Å². The van der Waals surface area contributed by atoms with E-state index in [2.05, 4.69) is 39.4 Å². The van der Waals surface area contributed by atoms with Gasteiger partial charge in [0.1, 0.15) is 17.1 Å². The van der Waals surface area contributed by atoms with Gasteiger partial charge in [0.2, 0.25) is 5.13 Å². The number of aromatic nitrogens is 4. The number of carbonyl (C=O) groups is 2. The van der Waals surface area contributed by atoms with Crippen LogP contribution in [0.4, 0.5) is 5.13 Å². The molecule has 1 N–H and O–H groups in total. The van der Waals surface area contributed by atoms with E-state index in [-0.39, 0.29) is 16.5 Å². The van der Waals surface area contributed by atoms with Crippen LogP contribution < -0.4 is 9.64 Å². The lowest BCUT2D eigenvalue weighted by Crippen LogP contribution is -2.29. The third kappa shape index (κ3) is 5.13. The molecule has 1 saturated heterocycles. The van der Waals surface area contributed by atoms with Crippen molar-refractivity contribution in [1.82, 2.24) is 19.6 Å². The average Bonchev–Trinajstić information content (AvgIpc) is 3.73. The number of aryl methyl sites for hydroxylation is 1. The van der Waals surface area contributed by atoms with Gasteiger partial charge in [-0.1, -0.05) is 83.8 Å². The molecular formula is C34H27N5O4S2. The number of carbonyl (C=O) groups excluding carboxylic acids is 2. The Balaban J connectivity index is 1.29. The van der Waals surface area contributed by atoms with Gasteiger partial charge in [0, 0.05) is 11.9 Å². The molecule has 1 fully saturated rings. The summed E-state index contributed by atoms with van der Waals surface area (Å²) in [5.41, 5.74) is 3.22. The Morgan fingerprint density at radius 3 is 2.58 bits per heavy atom. The molecule has 6 aromatic rings. The molecule has 7 rings (SSSR count). The van der Waals surface area contributed by atoms with Gasteiger partial charge in [0.05, 0.1) is 23.9 Å². The minimum absolute atomic E-state index is 0.0435. The smallest absolute Gasteiger partial charge is 0.301 e. The molecule has 1 amide bonds. The summed E-state index contributed by atoms with van der Waals surface area (Å²) >= 11 is 2.75. The van der Waals surface area contributed by atoms with Gasteiger partial charge in [-0.2, -0.15) is 0 Å². The quantitative estimate of drug-likeness (QED) is 0.0630. The van der Waals surface area contributed by atoms with Crippen LogP contribution in [0.1, 0.15) is 35.5 Å². The molecule has 9 nitrogen and oxygen atoms in total. The second-order valence-corrected chi connectivity index (χ2v) is 12.6. The molecule has 3 aromatic heterocycles. The van der Waals surface area contributed by atoms with Gasteiger partial charge < -0.3 is 9.84 Å². The van der Waals surface area contributed by atoms with Crippen molar-refractivity contribution in [1.29, 1.82) is 0 Å². The van der Waals surface area contributed by atoms with E-state index in [4.69, 9.17) is 4.74 Å². The zero-order chi connectivity index (χ0) is 31.1. The van der Waals surface area contributed by atoms with E-state index in [9.17, 15) is 14.7 Å². The first-order chi connectivity index (χ1) is 21.9. The number of pyridine rings is 1. The average molecular weight is 634 g/mol. The van der Waals surface area contributed by atoms with Crippen LogP contribution in [0.2, 0.25) is 0 Å². The lowest BCUT2D eigenvalue weighted by atomic mass is 9.96. The van der Waals surface area contributed by atoms with Crippen LogP contribution in [0.25, 0.3) is 22.2 Å². The lowest BCUT2D eigenvalue weighted by molar-refractivity contribution is -0.132. The van der Waals surface area contributed by atoms with Crippen LogP contribution in [0.3, 0.4) is 0 Å². The van der Waals surface area contributed by atoms with Crippen LogP contribution in [0.15, 0.2) is 101 Å². The molecule has 1 aliphatic heterocycles. The molecule has 1 aliphatic rings. The van der Waals surface area contributed by atoms with Crippen LogP contribution in [0.5, 0.6) is 5.75 Å². The van der Waals surface area contributed by atoms with Gasteiger partial charge >= 0.3 is 5.91 Å². The summed E-state index contributed by atoms with van der Waals surface area (Å²) in [4.78, 5) is 33.4. The standard InChI is InChI=1S/C34H27N5O4S2/c1-3-43-24-16-14-22(15-17-24)29-27(30(40)28-20(2)35-26-13-6-7-18-38(26)28)31(41)32(42)39(29)33-36-37-34(45-33)44-19-23-11-8-10-21-9-4-5-12-25(21)23/h4-18,29,40H,3,19H2,1-2H3. The highest BCUT2D eigenvalue weighted by Gasteiger charge is 2.49. The Morgan fingerprint density at radius 2 is 1.76 bits per heavy atom. The number of anilines is 1. The maximum atomic E-state index is 13.8. The van der Waals surface area contributed by atoms with Crippen LogP contribution in [0, 0.1) is 6.92 Å². The number of thioether (sulfide) groups is 1. The number of fused-ring (bicyclic) bond motifs is 2. The summed E-state index contributed by atoms with van der Waals surface area (Å²) < 4.78 is 7.99. The SMILES string of the molecule is CCOc1ccc(C2C(=C(O)c3c(C)nc4ccccn34)C(=O)C(=O)N2c2nnc(SCc3cccc4ccccc34)s2)cc1.